The van der Waals surface area contributed by atoms with Gasteiger partial charge in [0, 0.05) is 16.9 Å². The number of carbonyl (C=O) groups is 5. The quantitative estimate of drug-likeness (QED) is 0.322. The number of nitrogens with zero attached hydrogens (tertiary/aromatic N) is 2. The van der Waals surface area contributed by atoms with Crippen molar-refractivity contribution in [1.29, 1.82) is 0 Å². The zero-order valence-corrected chi connectivity index (χ0v) is 25.8. The average Bonchev–Trinajstić information content (AvgIpc) is 3.38. The SMILES string of the molecule is CCOC(=O)C1=C(C)C2[C@H]3C(=O)N(c4ccc(S(N)(=O)=O)cc4)C(=O)[C@H]3C1(C)[C@H]1C(=O)N(c3ccc(S(N)(=O)=O)cc3)C(=O)[C@@H]21. The van der Waals surface area contributed by atoms with Gasteiger partial charge in [-0.1, -0.05) is 12.5 Å². The van der Waals surface area contributed by atoms with Crippen LogP contribution >= 0.6 is 0 Å². The monoisotopic (exact) mass is 656 g/mol. The van der Waals surface area contributed by atoms with Gasteiger partial charge >= 0.3 is 5.97 Å². The zero-order chi connectivity index (χ0) is 33.0. The van der Waals surface area contributed by atoms with E-state index in [0.717, 1.165) is 34.1 Å². The Morgan fingerprint density at radius 1 is 0.733 bits per heavy atom. The second kappa shape index (κ2) is 9.87. The number of imide groups is 2. The molecule has 6 atom stereocenters. The normalized spacial score (nSPS) is 29.4. The highest BCUT2D eigenvalue weighted by atomic mass is 32.2. The van der Waals surface area contributed by atoms with Gasteiger partial charge in [0.15, 0.2) is 0 Å². The maximum absolute atomic E-state index is 14.2. The molecule has 2 aliphatic heterocycles. The van der Waals surface area contributed by atoms with Crippen LogP contribution in [0.2, 0.25) is 0 Å². The minimum Gasteiger partial charge on any atom is -0.463 e. The summed E-state index contributed by atoms with van der Waals surface area (Å²) in [4.78, 5) is 71.5. The van der Waals surface area contributed by atoms with E-state index in [9.17, 15) is 40.8 Å². The minimum atomic E-state index is -4.06. The number of allylic oxidation sites excluding steroid dienone is 1. The molecule has 4 amide bonds. The van der Waals surface area contributed by atoms with Gasteiger partial charge in [-0.05, 0) is 62.4 Å². The van der Waals surface area contributed by atoms with Gasteiger partial charge < -0.3 is 4.74 Å². The van der Waals surface area contributed by atoms with Crippen molar-refractivity contribution in [1.82, 2.24) is 0 Å². The van der Waals surface area contributed by atoms with Gasteiger partial charge in [0.1, 0.15) is 0 Å². The van der Waals surface area contributed by atoms with Gasteiger partial charge in [0.25, 0.3) is 0 Å². The van der Waals surface area contributed by atoms with Crippen LogP contribution in [-0.2, 0) is 48.8 Å². The molecule has 2 aromatic carbocycles. The van der Waals surface area contributed by atoms with Crippen molar-refractivity contribution in [3.8, 4) is 0 Å². The Morgan fingerprint density at radius 2 is 1.11 bits per heavy atom. The van der Waals surface area contributed by atoms with Crippen LogP contribution in [0.15, 0.2) is 69.5 Å². The fraction of sp³-hybridized carbons (Fsp3) is 0.345. The van der Waals surface area contributed by atoms with E-state index in [-0.39, 0.29) is 33.3 Å². The smallest absolute Gasteiger partial charge is 0.334 e. The van der Waals surface area contributed by atoms with Crippen LogP contribution in [0.3, 0.4) is 0 Å². The Bertz CT molecular complexity index is 1850. The highest BCUT2D eigenvalue weighted by Gasteiger charge is 2.77. The largest absolute Gasteiger partial charge is 0.463 e. The molecule has 4 N–H and O–H groups in total. The molecule has 2 heterocycles. The Balaban J connectivity index is 1.49. The molecule has 2 unspecified atom stereocenters. The van der Waals surface area contributed by atoms with Crippen LogP contribution in [0.1, 0.15) is 20.8 Å². The number of benzene rings is 2. The fourth-order valence-corrected chi connectivity index (χ4v) is 8.92. The highest BCUT2D eigenvalue weighted by Crippen LogP contribution is 2.68. The molecule has 5 aliphatic rings. The first-order valence-electron chi connectivity index (χ1n) is 13.9. The van der Waals surface area contributed by atoms with E-state index >= 15 is 0 Å². The second-order valence-electron chi connectivity index (χ2n) is 11.7. The molecule has 2 bridgehead atoms. The van der Waals surface area contributed by atoms with E-state index in [1.807, 2.05) is 0 Å². The number of carbonyl (C=O) groups excluding carboxylic acids is 5. The average molecular weight is 657 g/mol. The summed E-state index contributed by atoms with van der Waals surface area (Å²) in [7, 11) is -8.12. The van der Waals surface area contributed by atoms with Crippen LogP contribution in [0, 0.1) is 35.0 Å². The number of sulfonamides is 2. The van der Waals surface area contributed by atoms with Crippen LogP contribution in [-0.4, -0.2) is 53.0 Å². The van der Waals surface area contributed by atoms with Crippen LogP contribution in [0.25, 0.3) is 0 Å². The van der Waals surface area contributed by atoms with E-state index in [0.29, 0.717) is 5.57 Å². The number of anilines is 2. The van der Waals surface area contributed by atoms with Crippen molar-refractivity contribution in [2.24, 2.45) is 45.3 Å². The van der Waals surface area contributed by atoms with Crippen LogP contribution in [0.4, 0.5) is 11.4 Å². The maximum atomic E-state index is 14.2. The molecule has 3 fully saturated rings. The van der Waals surface area contributed by atoms with E-state index in [1.54, 1.807) is 13.8 Å². The minimum absolute atomic E-state index is 0.0106. The fourth-order valence-electron chi connectivity index (χ4n) is 7.89. The molecule has 2 saturated heterocycles. The van der Waals surface area contributed by atoms with Crippen molar-refractivity contribution in [2.75, 3.05) is 16.4 Å². The van der Waals surface area contributed by atoms with Gasteiger partial charge in [0.2, 0.25) is 43.7 Å². The van der Waals surface area contributed by atoms with Crippen molar-refractivity contribution in [3.63, 3.8) is 0 Å². The van der Waals surface area contributed by atoms with E-state index in [4.69, 9.17) is 15.0 Å². The summed E-state index contributed by atoms with van der Waals surface area (Å²) < 4.78 is 52.4. The summed E-state index contributed by atoms with van der Waals surface area (Å²) in [5.41, 5.74) is -1.13. The summed E-state index contributed by atoms with van der Waals surface area (Å²) in [6, 6.07) is 9.63. The molecule has 7 rings (SSSR count). The van der Waals surface area contributed by atoms with Crippen molar-refractivity contribution >= 4 is 61.0 Å². The van der Waals surface area contributed by atoms with Gasteiger partial charge in [0.05, 0.1) is 51.4 Å². The highest BCUT2D eigenvalue weighted by molar-refractivity contribution is 7.89. The molecule has 0 radical (unpaired) electrons. The zero-order valence-electron chi connectivity index (χ0n) is 24.2. The van der Waals surface area contributed by atoms with Crippen LogP contribution in [0.5, 0.6) is 0 Å². The number of amides is 4. The Kier molecular flexibility index (Phi) is 6.75. The van der Waals surface area contributed by atoms with Gasteiger partial charge in [-0.15, -0.1) is 0 Å². The topological polar surface area (TPSA) is 221 Å². The number of rotatable bonds is 6. The number of esters is 1. The summed E-state index contributed by atoms with van der Waals surface area (Å²) in [6.07, 6.45) is 0. The molecule has 0 spiro atoms. The molecule has 3 aliphatic carbocycles. The second-order valence-corrected chi connectivity index (χ2v) is 14.8. The summed E-state index contributed by atoms with van der Waals surface area (Å²) >= 11 is 0. The third-order valence-electron chi connectivity index (χ3n) is 9.53. The molecular formula is C29H28N4O10S2. The number of ether oxygens (including phenoxy) is 1. The predicted molar refractivity (Wildman–Crippen MR) is 156 cm³/mol. The molecule has 1 saturated carbocycles. The molecule has 236 valence electrons. The standard InChI is InChI=1S/C29H28N4O10S2/c1-4-43-28(38)21-13(2)18-19-22(26(36)32(24(19)34)14-5-9-16(10-6-14)44(30,39)40)29(21,3)23-20(18)25(35)33(27(23)37)15-7-11-17(12-8-15)45(31,41)42/h5-12,18-20,22-23H,4H2,1-3H3,(H2,30,39,40)(H2,31,41,42)/t18?,19-,20+,22+,23-,29?. The Hall–Kier alpha value is -4.25. The summed E-state index contributed by atoms with van der Waals surface area (Å²) in [6.45, 7) is 4.69. The molecule has 14 nitrogen and oxygen atoms in total. The lowest BCUT2D eigenvalue weighted by molar-refractivity contribution is -0.155. The first-order chi connectivity index (χ1) is 21.0. The lowest BCUT2D eigenvalue weighted by Crippen LogP contribution is -2.61. The molecule has 0 aromatic heterocycles. The summed E-state index contributed by atoms with van der Waals surface area (Å²) in [5, 5.41) is 10.4. The van der Waals surface area contributed by atoms with Gasteiger partial charge in [-0.25, -0.2) is 31.9 Å². The molecule has 2 aromatic rings. The van der Waals surface area contributed by atoms with Gasteiger partial charge in [-0.2, -0.15) is 0 Å². The van der Waals surface area contributed by atoms with Gasteiger partial charge in [-0.3, -0.25) is 29.0 Å². The van der Waals surface area contributed by atoms with E-state index < -0.39 is 84.6 Å². The Morgan fingerprint density at radius 3 is 1.44 bits per heavy atom. The van der Waals surface area contributed by atoms with Crippen molar-refractivity contribution in [3.05, 3.63) is 59.7 Å². The predicted octanol–water partition coefficient (Wildman–Crippen LogP) is 0.422. The third kappa shape index (κ3) is 4.16. The van der Waals surface area contributed by atoms with Crippen molar-refractivity contribution in [2.45, 2.75) is 30.6 Å². The summed E-state index contributed by atoms with van der Waals surface area (Å²) in [5.74, 6) is -9.29. The first kappa shape index (κ1) is 30.8. The molecular weight excluding hydrogens is 628 g/mol. The first-order valence-corrected chi connectivity index (χ1v) is 16.9. The number of hydrogen-bond donors (Lipinski definition) is 2. The molecule has 45 heavy (non-hydrogen) atoms. The lowest BCUT2D eigenvalue weighted by Gasteiger charge is -2.55. The van der Waals surface area contributed by atoms with E-state index in [2.05, 4.69) is 0 Å². The van der Waals surface area contributed by atoms with Crippen molar-refractivity contribution < 1.29 is 45.5 Å². The maximum Gasteiger partial charge on any atom is 0.334 e. The number of nitrogens with two attached hydrogens (primary N) is 2. The number of hydrogen-bond acceptors (Lipinski definition) is 10. The van der Waals surface area contributed by atoms with E-state index in [1.165, 1.54) is 31.2 Å². The van der Waals surface area contributed by atoms with Crippen LogP contribution < -0.4 is 20.1 Å². The lowest BCUT2D eigenvalue weighted by atomic mass is 9.43. The third-order valence-corrected chi connectivity index (χ3v) is 11.4. The molecule has 16 heteroatoms. The Labute approximate surface area is 258 Å². The number of primary sulfonamides is 2.